The van der Waals surface area contributed by atoms with Gasteiger partial charge in [0.15, 0.2) is 0 Å². The van der Waals surface area contributed by atoms with Gasteiger partial charge in [-0.25, -0.2) is 5.48 Å². The molecular weight excluding hydrogens is 300 g/mol. The molecule has 0 saturated heterocycles. The van der Waals surface area contributed by atoms with Crippen LogP contribution in [0.5, 0.6) is 0 Å². The molecule has 4 saturated carbocycles. The Morgan fingerprint density at radius 2 is 1.71 bits per heavy atom. The zero-order chi connectivity index (χ0) is 17.2. The van der Waals surface area contributed by atoms with E-state index >= 15 is 0 Å². The molecule has 0 aliphatic heterocycles. The lowest BCUT2D eigenvalue weighted by molar-refractivity contribution is -0.154. The summed E-state index contributed by atoms with van der Waals surface area (Å²) in [6.07, 6.45) is 7.79. The van der Waals surface area contributed by atoms with Crippen molar-refractivity contribution in [2.24, 2.45) is 27.9 Å². The van der Waals surface area contributed by atoms with Crippen LogP contribution < -0.4 is 11.2 Å². The number of nitrogens with two attached hydrogens (primary N) is 1. The van der Waals surface area contributed by atoms with E-state index in [1.54, 1.807) is 17.6 Å². The number of rotatable bonds is 3. The first-order valence-electron chi connectivity index (χ1n) is 9.07. The van der Waals surface area contributed by atoms with Gasteiger partial charge >= 0.3 is 0 Å². The van der Waals surface area contributed by atoms with Crippen LogP contribution >= 0.6 is 0 Å². The van der Waals surface area contributed by atoms with Crippen LogP contribution in [0.2, 0.25) is 0 Å². The van der Waals surface area contributed by atoms with E-state index in [4.69, 9.17) is 10.9 Å². The van der Waals surface area contributed by atoms with Gasteiger partial charge in [0.1, 0.15) is 0 Å². The Kier molecular flexibility index (Phi) is 3.39. The number of carbonyl (C=O) groups is 1. The van der Waals surface area contributed by atoms with Gasteiger partial charge in [-0.15, -0.1) is 0 Å². The number of hydroxylamine groups is 1. The number of hydrogen-bond acceptors (Lipinski definition) is 3. The fraction of sp³-hybridized carbons (Fsp3) is 0.650. The molecule has 4 fully saturated rings. The Labute approximate surface area is 143 Å². The average molecular weight is 328 g/mol. The molecule has 4 aliphatic carbocycles. The van der Waals surface area contributed by atoms with E-state index in [1.165, 1.54) is 38.5 Å². The zero-order valence-corrected chi connectivity index (χ0v) is 14.6. The Morgan fingerprint density at radius 1 is 1.12 bits per heavy atom. The lowest BCUT2D eigenvalue weighted by Gasteiger charge is -2.67. The van der Waals surface area contributed by atoms with Crippen molar-refractivity contribution < 1.29 is 10.0 Å². The van der Waals surface area contributed by atoms with Crippen LogP contribution in [0.1, 0.15) is 74.3 Å². The Bertz CT molecular complexity index is 651. The SMILES string of the molecule is CC12CC3CC(C)(C1)CC(C(N)c1ccc(C(=O)NO)cc1)(C3)C2. The van der Waals surface area contributed by atoms with Crippen molar-refractivity contribution >= 4 is 5.91 Å². The third-order valence-electron chi connectivity index (χ3n) is 6.96. The van der Waals surface area contributed by atoms with Crippen molar-refractivity contribution in [3.63, 3.8) is 0 Å². The number of carbonyl (C=O) groups excluding carboxylic acids is 1. The van der Waals surface area contributed by atoms with Crippen LogP contribution in [0.4, 0.5) is 0 Å². The summed E-state index contributed by atoms with van der Waals surface area (Å²) in [5.41, 5.74) is 11.2. The maximum absolute atomic E-state index is 11.5. The summed E-state index contributed by atoms with van der Waals surface area (Å²) >= 11 is 0. The largest absolute Gasteiger partial charge is 0.323 e. The first kappa shape index (κ1) is 16.1. The maximum atomic E-state index is 11.5. The highest BCUT2D eigenvalue weighted by molar-refractivity contribution is 5.93. The van der Waals surface area contributed by atoms with Gasteiger partial charge in [-0.2, -0.15) is 0 Å². The highest BCUT2D eigenvalue weighted by Gasteiger charge is 2.61. The van der Waals surface area contributed by atoms with Crippen molar-refractivity contribution in [3.05, 3.63) is 35.4 Å². The molecular formula is C20H28N2O2. The van der Waals surface area contributed by atoms with Crippen molar-refractivity contribution in [2.45, 2.75) is 58.4 Å². The minimum Gasteiger partial charge on any atom is -0.323 e. The van der Waals surface area contributed by atoms with Crippen LogP contribution in [-0.4, -0.2) is 11.1 Å². The Balaban J connectivity index is 1.64. The second kappa shape index (κ2) is 5.06. The normalized spacial score (nSPS) is 41.2. The predicted molar refractivity (Wildman–Crippen MR) is 92.5 cm³/mol. The lowest BCUT2D eigenvalue weighted by Crippen LogP contribution is -2.58. The minimum absolute atomic E-state index is 0.0192. The van der Waals surface area contributed by atoms with Gasteiger partial charge in [-0.3, -0.25) is 10.0 Å². The van der Waals surface area contributed by atoms with E-state index in [1.807, 2.05) is 12.1 Å². The van der Waals surface area contributed by atoms with Gasteiger partial charge < -0.3 is 5.73 Å². The van der Waals surface area contributed by atoms with E-state index in [-0.39, 0.29) is 11.5 Å². The van der Waals surface area contributed by atoms with Gasteiger partial charge in [0.2, 0.25) is 0 Å². The van der Waals surface area contributed by atoms with Crippen molar-refractivity contribution in [1.82, 2.24) is 5.48 Å². The topological polar surface area (TPSA) is 75.4 Å². The molecule has 1 aromatic rings. The molecule has 0 radical (unpaired) electrons. The molecule has 1 amide bonds. The van der Waals surface area contributed by atoms with Gasteiger partial charge in [0.25, 0.3) is 5.91 Å². The molecule has 4 bridgehead atoms. The summed E-state index contributed by atoms with van der Waals surface area (Å²) in [4.78, 5) is 11.5. The van der Waals surface area contributed by atoms with Crippen molar-refractivity contribution in [1.29, 1.82) is 0 Å². The van der Waals surface area contributed by atoms with Crippen molar-refractivity contribution in [2.75, 3.05) is 0 Å². The van der Waals surface area contributed by atoms with E-state index < -0.39 is 5.91 Å². The third-order valence-corrected chi connectivity index (χ3v) is 6.96. The molecule has 1 aromatic carbocycles. The monoisotopic (exact) mass is 328 g/mol. The first-order valence-corrected chi connectivity index (χ1v) is 9.07. The molecule has 24 heavy (non-hydrogen) atoms. The molecule has 0 spiro atoms. The summed E-state index contributed by atoms with van der Waals surface area (Å²) in [7, 11) is 0. The predicted octanol–water partition coefficient (Wildman–Crippen LogP) is 3.80. The Hall–Kier alpha value is -1.39. The Morgan fingerprint density at radius 3 is 2.21 bits per heavy atom. The number of nitrogens with one attached hydrogen (secondary N) is 1. The summed E-state index contributed by atoms with van der Waals surface area (Å²) < 4.78 is 0. The van der Waals surface area contributed by atoms with Gasteiger partial charge in [0.05, 0.1) is 0 Å². The van der Waals surface area contributed by atoms with Crippen LogP contribution in [0, 0.1) is 22.2 Å². The molecule has 3 unspecified atom stereocenters. The van der Waals surface area contributed by atoms with E-state index in [0.29, 0.717) is 16.4 Å². The molecule has 4 heteroatoms. The molecule has 3 atom stereocenters. The van der Waals surface area contributed by atoms with E-state index in [9.17, 15) is 4.79 Å². The summed E-state index contributed by atoms with van der Waals surface area (Å²) in [5.74, 6) is 0.340. The summed E-state index contributed by atoms with van der Waals surface area (Å²) in [6.45, 7) is 4.93. The number of amides is 1. The molecule has 4 N–H and O–H groups in total. The van der Waals surface area contributed by atoms with Crippen molar-refractivity contribution in [3.8, 4) is 0 Å². The van der Waals surface area contributed by atoms with Crippen LogP contribution in [0.15, 0.2) is 24.3 Å². The molecule has 0 aromatic heterocycles. The summed E-state index contributed by atoms with van der Waals surface area (Å²) in [6, 6.07) is 7.44. The van der Waals surface area contributed by atoms with Gasteiger partial charge in [-0.1, -0.05) is 26.0 Å². The minimum atomic E-state index is -0.482. The van der Waals surface area contributed by atoms with Gasteiger partial charge in [0, 0.05) is 11.6 Å². The fourth-order valence-electron chi connectivity index (χ4n) is 7.14. The first-order chi connectivity index (χ1) is 11.3. The lowest BCUT2D eigenvalue weighted by atomic mass is 9.39. The number of benzene rings is 1. The number of hydrogen-bond donors (Lipinski definition) is 3. The molecule has 130 valence electrons. The van der Waals surface area contributed by atoms with Crippen LogP contribution in [0.3, 0.4) is 0 Å². The third kappa shape index (κ3) is 2.39. The molecule has 4 nitrogen and oxygen atoms in total. The molecule has 5 rings (SSSR count). The summed E-state index contributed by atoms with van der Waals surface area (Å²) in [5, 5.41) is 8.75. The fourth-order valence-corrected chi connectivity index (χ4v) is 7.14. The van der Waals surface area contributed by atoms with E-state index in [2.05, 4.69) is 13.8 Å². The van der Waals surface area contributed by atoms with Crippen LogP contribution in [0.25, 0.3) is 0 Å². The quantitative estimate of drug-likeness (QED) is 0.583. The maximum Gasteiger partial charge on any atom is 0.274 e. The second-order valence-corrected chi connectivity index (χ2v) is 9.53. The second-order valence-electron chi connectivity index (χ2n) is 9.53. The standard InChI is InChI=1S/C20H28N2O2/c1-18-7-13-8-19(2,10-18)12-20(9-13,11-18)16(21)14-3-5-15(6-4-14)17(23)22-24/h3-6,13,16,24H,7-12,21H2,1-2H3,(H,22,23). The van der Waals surface area contributed by atoms with E-state index in [0.717, 1.165) is 11.5 Å². The molecule has 0 heterocycles. The van der Waals surface area contributed by atoms with Gasteiger partial charge in [-0.05, 0) is 78.4 Å². The highest BCUT2D eigenvalue weighted by Crippen LogP contribution is 2.71. The average Bonchev–Trinajstić information content (AvgIpc) is 2.50. The smallest absolute Gasteiger partial charge is 0.274 e. The zero-order valence-electron chi connectivity index (χ0n) is 14.6. The highest BCUT2D eigenvalue weighted by atomic mass is 16.5. The molecule has 4 aliphatic rings. The van der Waals surface area contributed by atoms with Crippen LogP contribution in [-0.2, 0) is 0 Å².